The Hall–Kier alpha value is -2.36. The third kappa shape index (κ3) is 4.86. The summed E-state index contributed by atoms with van der Waals surface area (Å²) in [6.45, 7) is 1.81. The van der Waals surface area contributed by atoms with Gasteiger partial charge in [0, 0.05) is 22.7 Å². The van der Waals surface area contributed by atoms with Crippen molar-refractivity contribution in [2.24, 2.45) is 5.92 Å². The molecule has 2 aliphatic heterocycles. The lowest BCUT2D eigenvalue weighted by atomic mass is 10.1. The molecule has 0 bridgehead atoms. The summed E-state index contributed by atoms with van der Waals surface area (Å²) in [7, 11) is -3.19. The van der Waals surface area contributed by atoms with Crippen LogP contribution in [0.1, 0.15) is 25.3 Å². The number of carbonyl (C=O) groups is 1. The first kappa shape index (κ1) is 24.3. The normalized spacial score (nSPS) is 26.4. The molecule has 1 aromatic carbocycles. The molecular formula is C20H19F3N4O5S3. The van der Waals surface area contributed by atoms with E-state index < -0.39 is 33.4 Å². The second-order valence-electron chi connectivity index (χ2n) is 8.56. The number of aliphatic hydroxyl groups is 1. The van der Waals surface area contributed by atoms with E-state index in [-0.39, 0.29) is 63.1 Å². The number of aromatic nitrogens is 2. The van der Waals surface area contributed by atoms with Gasteiger partial charge in [0.05, 0.1) is 26.8 Å². The Morgan fingerprint density at radius 1 is 1.31 bits per heavy atom. The van der Waals surface area contributed by atoms with E-state index >= 15 is 0 Å². The number of amides is 1. The van der Waals surface area contributed by atoms with E-state index in [1.807, 2.05) is 6.92 Å². The van der Waals surface area contributed by atoms with Gasteiger partial charge in [-0.25, -0.2) is 8.42 Å². The van der Waals surface area contributed by atoms with Gasteiger partial charge in [0.25, 0.3) is 0 Å². The highest BCUT2D eigenvalue weighted by molar-refractivity contribution is 8.00. The molecule has 2 aromatic heterocycles. The first-order chi connectivity index (χ1) is 16.4. The zero-order chi connectivity index (χ0) is 25.1. The number of aliphatic hydroxyl groups excluding tert-OH is 1. The molecule has 35 heavy (non-hydrogen) atoms. The van der Waals surface area contributed by atoms with Crippen molar-refractivity contribution < 1.29 is 36.0 Å². The molecule has 0 unspecified atom stereocenters. The number of carbonyl (C=O) groups excluding carboxylic acids is 1. The minimum absolute atomic E-state index is 0.00753. The van der Waals surface area contributed by atoms with Crippen LogP contribution in [0.2, 0.25) is 0 Å². The molecular weight excluding hydrogens is 529 g/mol. The van der Waals surface area contributed by atoms with E-state index in [4.69, 9.17) is 4.52 Å². The first-order valence-electron chi connectivity index (χ1n) is 10.5. The number of thiophene rings is 1. The average Bonchev–Trinajstić information content (AvgIpc) is 3.49. The average molecular weight is 549 g/mol. The van der Waals surface area contributed by atoms with Gasteiger partial charge in [-0.1, -0.05) is 24.2 Å². The van der Waals surface area contributed by atoms with Crippen LogP contribution in [0.15, 0.2) is 27.6 Å². The van der Waals surface area contributed by atoms with Crippen molar-refractivity contribution in [3.05, 3.63) is 24.1 Å². The van der Waals surface area contributed by atoms with Crippen molar-refractivity contribution in [2.45, 2.75) is 41.9 Å². The Bertz CT molecular complexity index is 1400. The molecule has 9 nitrogen and oxygen atoms in total. The summed E-state index contributed by atoms with van der Waals surface area (Å²) >= 11 is 0.739. The number of hydrogen-bond acceptors (Lipinski definition) is 10. The fraction of sp³-hybridized carbons (Fsp3) is 0.450. The zero-order valence-electron chi connectivity index (χ0n) is 18.0. The number of alkyl halides is 3. The van der Waals surface area contributed by atoms with Crippen LogP contribution < -0.4 is 10.6 Å². The van der Waals surface area contributed by atoms with Crippen LogP contribution in [0, 0.1) is 5.92 Å². The van der Waals surface area contributed by atoms with Gasteiger partial charge >= 0.3 is 5.51 Å². The smallest absolute Gasteiger partial charge is 0.383 e. The van der Waals surface area contributed by atoms with Gasteiger partial charge in [-0.2, -0.15) is 18.2 Å². The summed E-state index contributed by atoms with van der Waals surface area (Å²) in [5, 5.41) is 19.5. The van der Waals surface area contributed by atoms with Crippen LogP contribution in [0.3, 0.4) is 0 Å². The summed E-state index contributed by atoms with van der Waals surface area (Å²) in [4.78, 5) is 15.8. The molecule has 0 saturated carbocycles. The molecule has 15 heteroatoms. The monoisotopic (exact) mass is 548 g/mol. The predicted molar refractivity (Wildman–Crippen MR) is 124 cm³/mol. The maximum atomic E-state index is 13.5. The summed E-state index contributed by atoms with van der Waals surface area (Å²) in [5.41, 5.74) is -4.07. The SMILES string of the molecule is C[C@@H]1CS(=O)(=O)C[C@@H]1Nc1cccc2c(SC(F)(F)F)c(-c3noc([C@H]4C[C@H](O)C(=O)N4)n3)sc12. The van der Waals surface area contributed by atoms with Crippen LogP contribution >= 0.6 is 23.1 Å². The minimum atomic E-state index is -4.59. The van der Waals surface area contributed by atoms with Crippen molar-refractivity contribution in [3.63, 3.8) is 0 Å². The molecule has 4 atom stereocenters. The number of nitrogens with one attached hydrogen (secondary N) is 2. The Balaban J connectivity index is 1.55. The van der Waals surface area contributed by atoms with Crippen molar-refractivity contribution in [1.82, 2.24) is 15.5 Å². The summed E-state index contributed by atoms with van der Waals surface area (Å²) in [6, 6.07) is 3.74. The van der Waals surface area contributed by atoms with Crippen LogP contribution in [-0.2, 0) is 14.6 Å². The van der Waals surface area contributed by atoms with Crippen LogP contribution in [0.25, 0.3) is 20.8 Å². The highest BCUT2D eigenvalue weighted by Crippen LogP contribution is 2.51. The largest absolute Gasteiger partial charge is 0.446 e. The standard InChI is InChI=1S/C20H19F3N4O5S3/c1-8-6-35(30,31)7-12(8)24-10-4-2-3-9-14(10)33-16(15(9)34-20(21,22)23)17-26-19(32-27-17)11-5-13(28)18(29)25-11/h2-4,8,11-13,24,28H,5-7H2,1H3,(H,25,29)/t8-,11-,12+,13+/m1/s1. The Morgan fingerprint density at radius 3 is 2.71 bits per heavy atom. The van der Waals surface area contributed by atoms with E-state index in [2.05, 4.69) is 20.8 Å². The van der Waals surface area contributed by atoms with Crippen molar-refractivity contribution in [3.8, 4) is 10.7 Å². The molecule has 0 aliphatic carbocycles. The van der Waals surface area contributed by atoms with E-state index in [0.717, 1.165) is 11.3 Å². The fourth-order valence-corrected chi connectivity index (χ4v) is 8.51. The summed E-state index contributed by atoms with van der Waals surface area (Å²) in [6.07, 6.45) is -1.22. The zero-order valence-corrected chi connectivity index (χ0v) is 20.4. The molecule has 5 rings (SSSR count). The molecule has 0 radical (unpaired) electrons. The molecule has 3 N–H and O–H groups in total. The highest BCUT2D eigenvalue weighted by atomic mass is 32.2. The second-order valence-corrected chi connectivity index (χ2v) is 12.8. The first-order valence-corrected chi connectivity index (χ1v) is 14.0. The molecule has 2 fully saturated rings. The second kappa shape index (κ2) is 8.64. The number of thioether (sulfide) groups is 1. The molecule has 1 amide bonds. The number of anilines is 1. The van der Waals surface area contributed by atoms with Crippen molar-refractivity contribution in [2.75, 3.05) is 16.8 Å². The van der Waals surface area contributed by atoms with Crippen molar-refractivity contribution >= 4 is 54.6 Å². The van der Waals surface area contributed by atoms with E-state index in [9.17, 15) is 31.5 Å². The number of sulfone groups is 1. The van der Waals surface area contributed by atoms with E-state index in [1.54, 1.807) is 18.2 Å². The lowest BCUT2D eigenvalue weighted by Gasteiger charge is -2.17. The van der Waals surface area contributed by atoms with Gasteiger partial charge in [-0.15, -0.1) is 11.3 Å². The van der Waals surface area contributed by atoms with Crippen LogP contribution in [0.4, 0.5) is 18.9 Å². The van der Waals surface area contributed by atoms with Gasteiger partial charge in [0.15, 0.2) is 9.84 Å². The van der Waals surface area contributed by atoms with E-state index in [1.165, 1.54) is 0 Å². The number of hydrogen-bond donors (Lipinski definition) is 3. The van der Waals surface area contributed by atoms with Crippen LogP contribution in [-0.4, -0.2) is 58.7 Å². The molecule has 4 heterocycles. The lowest BCUT2D eigenvalue weighted by molar-refractivity contribution is -0.126. The molecule has 2 saturated heterocycles. The van der Waals surface area contributed by atoms with E-state index in [0.29, 0.717) is 15.8 Å². The Kier molecular flexibility index (Phi) is 6.01. The molecule has 3 aromatic rings. The van der Waals surface area contributed by atoms with Gasteiger partial charge in [-0.3, -0.25) is 4.79 Å². The van der Waals surface area contributed by atoms with Gasteiger partial charge in [0.2, 0.25) is 17.6 Å². The van der Waals surface area contributed by atoms with Crippen molar-refractivity contribution in [1.29, 1.82) is 0 Å². The molecule has 0 spiro atoms. The fourth-order valence-electron chi connectivity index (χ4n) is 4.27. The summed E-state index contributed by atoms with van der Waals surface area (Å²) in [5.74, 6) is -0.858. The maximum Gasteiger partial charge on any atom is 0.446 e. The molecule has 2 aliphatic rings. The third-order valence-corrected chi connectivity index (χ3v) is 10.0. The molecule has 188 valence electrons. The van der Waals surface area contributed by atoms with Gasteiger partial charge < -0.3 is 20.3 Å². The van der Waals surface area contributed by atoms with Crippen LogP contribution in [0.5, 0.6) is 0 Å². The maximum absolute atomic E-state index is 13.5. The topological polar surface area (TPSA) is 134 Å². The summed E-state index contributed by atoms with van der Waals surface area (Å²) < 4.78 is 70.2. The number of benzene rings is 1. The minimum Gasteiger partial charge on any atom is -0.383 e. The van der Waals surface area contributed by atoms with Gasteiger partial charge in [-0.05, 0) is 23.7 Å². The third-order valence-electron chi connectivity index (χ3n) is 5.89. The highest BCUT2D eigenvalue weighted by Gasteiger charge is 2.38. The Morgan fingerprint density at radius 2 is 2.09 bits per heavy atom. The number of nitrogens with zero attached hydrogens (tertiary/aromatic N) is 2. The quantitative estimate of drug-likeness (QED) is 0.411. The van der Waals surface area contributed by atoms with Gasteiger partial charge in [0.1, 0.15) is 12.1 Å². The number of halogens is 3. The number of fused-ring (bicyclic) bond motifs is 1. The Labute approximate surface area is 205 Å². The predicted octanol–water partition coefficient (Wildman–Crippen LogP) is 3.33. The lowest BCUT2D eigenvalue weighted by Crippen LogP contribution is -2.26. The number of rotatable bonds is 5.